The molecule has 0 saturated heterocycles. The summed E-state index contributed by atoms with van der Waals surface area (Å²) in [5, 5.41) is 5.24. The molecule has 0 radical (unpaired) electrons. The summed E-state index contributed by atoms with van der Waals surface area (Å²) in [7, 11) is -2.82. The smallest absolute Gasteiger partial charge is 0.414 e. The molecule has 1 aromatic heterocycles. The van der Waals surface area contributed by atoms with E-state index in [2.05, 4.69) is 15.6 Å². The number of rotatable bonds is 15. The number of carbonyl (C=O) groups is 4. The number of aromatic nitrogens is 1. The first kappa shape index (κ1) is 36.6. The van der Waals surface area contributed by atoms with E-state index in [-0.39, 0.29) is 64.3 Å². The van der Waals surface area contributed by atoms with Gasteiger partial charge in [0.25, 0.3) is 27.7 Å². The lowest BCUT2D eigenvalue weighted by molar-refractivity contribution is -0.141. The highest BCUT2D eigenvalue weighted by Crippen LogP contribution is 2.27. The van der Waals surface area contributed by atoms with E-state index in [0.29, 0.717) is 12.2 Å². The van der Waals surface area contributed by atoms with E-state index in [1.165, 1.54) is 31.4 Å². The number of pyridine rings is 1. The van der Waals surface area contributed by atoms with Gasteiger partial charge in [0, 0.05) is 18.8 Å². The number of esters is 1. The van der Waals surface area contributed by atoms with Gasteiger partial charge in [-0.1, -0.05) is 37.6 Å². The van der Waals surface area contributed by atoms with Crippen LogP contribution >= 0.6 is 11.6 Å². The van der Waals surface area contributed by atoms with Crippen LogP contribution < -0.4 is 29.6 Å². The Bertz CT molecular complexity index is 1700. The van der Waals surface area contributed by atoms with Crippen LogP contribution in [0, 0.1) is 5.92 Å². The first-order valence-electron chi connectivity index (χ1n) is 14.3. The second-order valence-corrected chi connectivity index (χ2v) is 12.3. The van der Waals surface area contributed by atoms with Crippen molar-refractivity contribution in [3.8, 4) is 17.4 Å². The molecule has 0 aliphatic heterocycles. The molecule has 0 fully saturated rings. The summed E-state index contributed by atoms with van der Waals surface area (Å²) in [4.78, 5) is 52.9. The molecule has 0 atom stereocenters. The van der Waals surface area contributed by atoms with Crippen molar-refractivity contribution in [3.63, 3.8) is 0 Å². The van der Waals surface area contributed by atoms with E-state index in [0.717, 1.165) is 11.8 Å². The number of benzene rings is 2. The van der Waals surface area contributed by atoms with Gasteiger partial charge >= 0.3 is 12.1 Å². The summed E-state index contributed by atoms with van der Waals surface area (Å²) < 4.78 is 48.6. The van der Waals surface area contributed by atoms with Crippen molar-refractivity contribution in [2.45, 2.75) is 32.1 Å². The van der Waals surface area contributed by atoms with Crippen LogP contribution in [0.15, 0.2) is 59.6 Å². The summed E-state index contributed by atoms with van der Waals surface area (Å²) in [6, 6.07) is 11.7. The average molecular weight is 691 g/mol. The van der Waals surface area contributed by atoms with Crippen molar-refractivity contribution in [3.05, 3.63) is 76.4 Å². The Hall–Kier alpha value is -4.89. The molecule has 0 bridgehead atoms. The zero-order valence-corrected chi connectivity index (χ0v) is 27.7. The summed E-state index contributed by atoms with van der Waals surface area (Å²) in [5.41, 5.74) is 0.802. The second kappa shape index (κ2) is 17.1. The van der Waals surface area contributed by atoms with E-state index in [1.54, 1.807) is 31.2 Å². The van der Waals surface area contributed by atoms with Gasteiger partial charge in [-0.15, -0.1) is 0 Å². The van der Waals surface area contributed by atoms with Gasteiger partial charge in [0.2, 0.25) is 0 Å². The zero-order chi connectivity index (χ0) is 34.6. The lowest BCUT2D eigenvalue weighted by Gasteiger charge is -2.14. The number of hydrogen-bond acceptors (Lipinski definition) is 11. The molecule has 1 heterocycles. The molecule has 3 N–H and O–H groups in total. The average Bonchev–Trinajstić information content (AvgIpc) is 3.03. The molecule has 0 aliphatic carbocycles. The minimum absolute atomic E-state index is 0.0454. The number of hydrogen-bond donors (Lipinski definition) is 3. The van der Waals surface area contributed by atoms with Crippen molar-refractivity contribution in [1.29, 1.82) is 0 Å². The normalized spacial score (nSPS) is 10.9. The number of ether oxygens (including phenoxy) is 4. The van der Waals surface area contributed by atoms with Crippen LogP contribution in [0.4, 0.5) is 4.79 Å². The van der Waals surface area contributed by atoms with Crippen LogP contribution in [0.2, 0.25) is 5.02 Å². The quantitative estimate of drug-likeness (QED) is 0.198. The van der Waals surface area contributed by atoms with Crippen molar-refractivity contribution in [2.75, 3.05) is 33.4 Å². The van der Waals surface area contributed by atoms with Gasteiger partial charge in [-0.3, -0.25) is 14.4 Å². The van der Waals surface area contributed by atoms with Crippen molar-refractivity contribution in [1.82, 2.24) is 20.3 Å². The van der Waals surface area contributed by atoms with Crippen LogP contribution in [-0.4, -0.2) is 70.7 Å². The van der Waals surface area contributed by atoms with Crippen LogP contribution in [0.1, 0.15) is 47.1 Å². The molecule has 14 nitrogen and oxygen atoms in total. The summed E-state index contributed by atoms with van der Waals surface area (Å²) >= 11 is 6.12. The third kappa shape index (κ3) is 11.1. The maximum atomic E-state index is 13.0. The van der Waals surface area contributed by atoms with Gasteiger partial charge in [-0.05, 0) is 55.2 Å². The molecule has 3 amide bonds. The minimum Gasteiger partial charge on any atom is -0.497 e. The predicted octanol–water partition coefficient (Wildman–Crippen LogP) is 3.52. The number of halogens is 1. The SMILES string of the molecule is CCOC(=O)CNC(=O)Oc1ncc(C(=O)NS(=O)(=O)c2ccc(CCNC(=O)c3cc(OC)ccc3Cl)cc2)cc1OCC(C)C. The first-order chi connectivity index (χ1) is 22.3. The molecule has 16 heteroatoms. The van der Waals surface area contributed by atoms with Crippen LogP contribution in [0.5, 0.6) is 17.4 Å². The third-order valence-electron chi connectivity index (χ3n) is 6.10. The fourth-order valence-corrected chi connectivity index (χ4v) is 4.95. The topological polar surface area (TPSA) is 188 Å². The Kier molecular flexibility index (Phi) is 13.3. The largest absolute Gasteiger partial charge is 0.497 e. The van der Waals surface area contributed by atoms with Crippen molar-refractivity contribution >= 4 is 45.5 Å². The Balaban J connectivity index is 1.63. The van der Waals surface area contributed by atoms with Crippen molar-refractivity contribution < 1.29 is 46.5 Å². The van der Waals surface area contributed by atoms with Crippen LogP contribution in [-0.2, 0) is 26.0 Å². The highest BCUT2D eigenvalue weighted by Gasteiger charge is 2.22. The van der Waals surface area contributed by atoms with E-state index in [1.807, 2.05) is 18.6 Å². The molecule has 0 spiro atoms. The molecule has 47 heavy (non-hydrogen) atoms. The fraction of sp³-hybridized carbons (Fsp3) is 0.323. The predicted molar refractivity (Wildman–Crippen MR) is 170 cm³/mol. The number of amides is 3. The monoisotopic (exact) mass is 690 g/mol. The Morgan fingerprint density at radius 3 is 2.36 bits per heavy atom. The summed E-state index contributed by atoms with van der Waals surface area (Å²) in [5.74, 6) is -1.93. The molecule has 3 aromatic rings. The maximum Gasteiger partial charge on any atom is 0.414 e. The van der Waals surface area contributed by atoms with Crippen LogP contribution in [0.3, 0.4) is 0 Å². The first-order valence-corrected chi connectivity index (χ1v) is 16.2. The lowest BCUT2D eigenvalue weighted by atomic mass is 10.1. The molecule has 0 unspecified atom stereocenters. The van der Waals surface area contributed by atoms with E-state index in [4.69, 9.17) is 30.5 Å². The van der Waals surface area contributed by atoms with Gasteiger partial charge in [0.15, 0.2) is 5.75 Å². The Labute approximate surface area is 277 Å². The number of nitrogens with zero attached hydrogens (tertiary/aromatic N) is 1. The molecule has 0 saturated carbocycles. The zero-order valence-electron chi connectivity index (χ0n) is 26.1. The van der Waals surface area contributed by atoms with Gasteiger partial charge in [0.1, 0.15) is 12.3 Å². The van der Waals surface area contributed by atoms with Gasteiger partial charge in [-0.25, -0.2) is 22.9 Å². The summed E-state index contributed by atoms with van der Waals surface area (Å²) in [6.07, 6.45) is 0.379. The molecule has 0 aliphatic rings. The lowest BCUT2D eigenvalue weighted by Crippen LogP contribution is -2.33. The number of methoxy groups -OCH3 is 1. The fourth-order valence-electron chi connectivity index (χ4n) is 3.77. The van der Waals surface area contributed by atoms with Crippen molar-refractivity contribution in [2.24, 2.45) is 5.92 Å². The van der Waals surface area contributed by atoms with E-state index >= 15 is 0 Å². The van der Waals surface area contributed by atoms with Crippen LogP contribution in [0.25, 0.3) is 0 Å². The molecule has 2 aromatic carbocycles. The summed E-state index contributed by atoms with van der Waals surface area (Å²) in [6.45, 7) is 5.45. The molecule has 252 valence electrons. The van der Waals surface area contributed by atoms with Gasteiger partial charge < -0.3 is 29.6 Å². The molecular formula is C31H35ClN4O10S. The Morgan fingerprint density at radius 2 is 1.70 bits per heavy atom. The second-order valence-electron chi connectivity index (χ2n) is 10.2. The van der Waals surface area contributed by atoms with Gasteiger partial charge in [0.05, 0.1) is 41.4 Å². The number of carbonyl (C=O) groups excluding carboxylic acids is 4. The van der Waals surface area contributed by atoms with E-state index in [9.17, 15) is 27.6 Å². The standard InChI is InChI=1S/C31H35ClN4O10S/c1-5-44-27(37)17-35-31(40)46-30-26(45-18-19(2)3)14-21(16-34-30)28(38)36-47(41,42)23-9-6-20(7-10-23)12-13-33-29(39)24-15-22(43-4)8-11-25(24)32/h6-11,14-16,19H,5,12-13,17-18H2,1-4H3,(H,33,39)(H,35,40)(H,36,38). The number of sulfonamides is 1. The Morgan fingerprint density at radius 1 is 0.979 bits per heavy atom. The third-order valence-corrected chi connectivity index (χ3v) is 7.78. The maximum absolute atomic E-state index is 13.0. The highest BCUT2D eigenvalue weighted by molar-refractivity contribution is 7.90. The van der Waals surface area contributed by atoms with E-state index < -0.39 is 34.5 Å². The van der Waals surface area contributed by atoms with Gasteiger partial charge in [-0.2, -0.15) is 0 Å². The minimum atomic E-state index is -4.30. The molecule has 3 rings (SSSR count). The number of nitrogens with one attached hydrogen (secondary N) is 3. The molecular weight excluding hydrogens is 656 g/mol. The highest BCUT2D eigenvalue weighted by atomic mass is 35.5.